The van der Waals surface area contributed by atoms with Crippen molar-refractivity contribution in [3.8, 4) is 0 Å². The highest BCUT2D eigenvalue weighted by Crippen LogP contribution is 2.45. The first-order chi connectivity index (χ1) is 7.72. The molecule has 2 aliphatic carbocycles. The largest absolute Gasteiger partial charge is 0.381 e. The van der Waals surface area contributed by atoms with Gasteiger partial charge in [-0.1, -0.05) is 18.0 Å². The maximum Gasteiger partial charge on any atom is 0.0648 e. The Kier molecular flexibility index (Phi) is 3.05. The summed E-state index contributed by atoms with van der Waals surface area (Å²) in [6.07, 6.45) is 5.63. The van der Waals surface area contributed by atoms with Gasteiger partial charge in [0.05, 0.1) is 10.7 Å². The van der Waals surface area contributed by atoms with Crippen LogP contribution >= 0.6 is 34.2 Å². The molecule has 0 radical (unpaired) electrons. The first-order valence-corrected chi connectivity index (χ1v) is 7.39. The van der Waals surface area contributed by atoms with Crippen molar-refractivity contribution in [3.63, 3.8) is 0 Å². The van der Waals surface area contributed by atoms with Crippen molar-refractivity contribution in [2.75, 3.05) is 5.32 Å². The van der Waals surface area contributed by atoms with E-state index in [-0.39, 0.29) is 0 Å². The first-order valence-electron chi connectivity index (χ1n) is 5.94. The molecule has 1 nitrogen and oxygen atoms in total. The highest BCUT2D eigenvalue weighted by molar-refractivity contribution is 14.1. The fraction of sp³-hybridized carbons (Fsp3) is 0.538. The smallest absolute Gasteiger partial charge is 0.0648 e. The number of nitrogens with one attached hydrogen (secondary N) is 1. The second kappa shape index (κ2) is 4.37. The van der Waals surface area contributed by atoms with Crippen molar-refractivity contribution < 1.29 is 0 Å². The number of fused-ring (bicyclic) bond motifs is 2. The molecule has 0 aromatic heterocycles. The number of hydrogen-bond donors (Lipinski definition) is 1. The molecular weight excluding hydrogens is 333 g/mol. The van der Waals surface area contributed by atoms with Crippen LogP contribution in [0.15, 0.2) is 18.2 Å². The van der Waals surface area contributed by atoms with E-state index in [1.807, 2.05) is 6.07 Å². The number of benzene rings is 1. The van der Waals surface area contributed by atoms with Gasteiger partial charge in [0.15, 0.2) is 0 Å². The lowest BCUT2D eigenvalue weighted by Gasteiger charge is -2.24. The molecule has 2 saturated carbocycles. The van der Waals surface area contributed by atoms with Crippen LogP contribution in [0.4, 0.5) is 5.69 Å². The van der Waals surface area contributed by atoms with Crippen LogP contribution in [0.3, 0.4) is 0 Å². The molecule has 16 heavy (non-hydrogen) atoms. The maximum absolute atomic E-state index is 6.24. The van der Waals surface area contributed by atoms with Gasteiger partial charge in [-0.25, -0.2) is 0 Å². The van der Waals surface area contributed by atoms with Gasteiger partial charge in [0.25, 0.3) is 0 Å². The molecule has 3 unspecified atom stereocenters. The average molecular weight is 348 g/mol. The lowest BCUT2D eigenvalue weighted by molar-refractivity contribution is 0.440. The molecule has 2 aliphatic rings. The Morgan fingerprint density at radius 2 is 2.12 bits per heavy atom. The van der Waals surface area contributed by atoms with Crippen LogP contribution in [0, 0.1) is 15.4 Å². The van der Waals surface area contributed by atoms with E-state index in [9.17, 15) is 0 Å². The highest BCUT2D eigenvalue weighted by Gasteiger charge is 2.39. The summed E-state index contributed by atoms with van der Waals surface area (Å²) < 4.78 is 1.20. The van der Waals surface area contributed by atoms with Gasteiger partial charge in [0.1, 0.15) is 0 Å². The van der Waals surface area contributed by atoms with E-state index in [1.54, 1.807) is 0 Å². The van der Waals surface area contributed by atoms with Gasteiger partial charge in [-0.3, -0.25) is 0 Å². The Hall–Kier alpha value is 0.0400. The third-order valence-electron chi connectivity index (χ3n) is 4.01. The molecular formula is C13H15ClIN. The molecule has 1 aromatic rings. The molecule has 3 rings (SSSR count). The van der Waals surface area contributed by atoms with Crippen molar-refractivity contribution in [1.29, 1.82) is 0 Å². The van der Waals surface area contributed by atoms with Crippen molar-refractivity contribution in [1.82, 2.24) is 0 Å². The van der Waals surface area contributed by atoms with Gasteiger partial charge < -0.3 is 5.32 Å². The fourth-order valence-corrected chi connectivity index (χ4v) is 4.14. The molecule has 0 amide bonds. The van der Waals surface area contributed by atoms with E-state index < -0.39 is 0 Å². The number of rotatable bonds is 2. The minimum atomic E-state index is 0.663. The van der Waals surface area contributed by atoms with E-state index in [0.29, 0.717) is 6.04 Å². The van der Waals surface area contributed by atoms with E-state index in [2.05, 4.69) is 40.0 Å². The summed E-state index contributed by atoms with van der Waals surface area (Å²) in [5.74, 6) is 1.87. The van der Waals surface area contributed by atoms with E-state index in [1.165, 1.54) is 29.3 Å². The van der Waals surface area contributed by atoms with E-state index in [4.69, 9.17) is 11.6 Å². The third-order valence-corrected chi connectivity index (χ3v) is 4.99. The standard InChI is InChI=1S/C13H15ClIN/c14-11-7-10(15)3-4-12(11)16-13-6-8-1-2-9(13)5-8/h3-4,7-9,13,16H,1-2,5-6H2. The van der Waals surface area contributed by atoms with Crippen LogP contribution in [0.25, 0.3) is 0 Å². The summed E-state index contributed by atoms with van der Waals surface area (Å²) in [6.45, 7) is 0. The van der Waals surface area contributed by atoms with Crippen molar-refractivity contribution in [2.45, 2.75) is 31.7 Å². The summed E-state index contributed by atoms with van der Waals surface area (Å²) in [5, 5.41) is 4.49. The molecule has 1 N–H and O–H groups in total. The fourth-order valence-electron chi connectivity index (χ4n) is 3.23. The Balaban J connectivity index is 1.74. The van der Waals surface area contributed by atoms with Crippen LogP contribution in [0.2, 0.25) is 5.02 Å². The molecule has 86 valence electrons. The number of hydrogen-bond acceptors (Lipinski definition) is 1. The summed E-state index contributed by atoms with van der Waals surface area (Å²) in [4.78, 5) is 0. The SMILES string of the molecule is Clc1cc(I)ccc1NC1CC2CCC1C2. The van der Waals surface area contributed by atoms with Crippen molar-refractivity contribution >= 4 is 39.9 Å². The van der Waals surface area contributed by atoms with Gasteiger partial charge in [-0.15, -0.1) is 0 Å². The van der Waals surface area contributed by atoms with Gasteiger partial charge in [0, 0.05) is 9.61 Å². The van der Waals surface area contributed by atoms with Crippen LogP contribution < -0.4 is 5.32 Å². The van der Waals surface area contributed by atoms with Gasteiger partial charge >= 0.3 is 0 Å². The topological polar surface area (TPSA) is 12.0 Å². The zero-order valence-electron chi connectivity index (χ0n) is 9.05. The van der Waals surface area contributed by atoms with Crippen LogP contribution in [-0.4, -0.2) is 6.04 Å². The molecule has 3 atom stereocenters. The Bertz CT molecular complexity index is 407. The monoisotopic (exact) mass is 347 g/mol. The van der Waals surface area contributed by atoms with Gasteiger partial charge in [-0.2, -0.15) is 0 Å². The Morgan fingerprint density at radius 1 is 1.25 bits per heavy atom. The molecule has 0 spiro atoms. The quantitative estimate of drug-likeness (QED) is 0.774. The number of anilines is 1. The number of halogens is 2. The second-order valence-corrected chi connectivity index (χ2v) is 6.70. The molecule has 0 heterocycles. The molecule has 2 fully saturated rings. The summed E-state index contributed by atoms with van der Waals surface area (Å²) in [7, 11) is 0. The van der Waals surface area contributed by atoms with Crippen LogP contribution in [0.5, 0.6) is 0 Å². The van der Waals surface area contributed by atoms with E-state index in [0.717, 1.165) is 22.5 Å². The van der Waals surface area contributed by atoms with Crippen LogP contribution in [0.1, 0.15) is 25.7 Å². The van der Waals surface area contributed by atoms with Crippen LogP contribution in [-0.2, 0) is 0 Å². The first kappa shape index (κ1) is 11.1. The zero-order valence-corrected chi connectivity index (χ0v) is 12.0. The Morgan fingerprint density at radius 3 is 2.75 bits per heavy atom. The predicted molar refractivity (Wildman–Crippen MR) is 77.0 cm³/mol. The maximum atomic E-state index is 6.24. The molecule has 0 saturated heterocycles. The van der Waals surface area contributed by atoms with Gasteiger partial charge in [-0.05, 0) is 71.9 Å². The lowest BCUT2D eigenvalue weighted by atomic mass is 9.95. The molecule has 0 aliphatic heterocycles. The van der Waals surface area contributed by atoms with Crippen molar-refractivity contribution in [2.24, 2.45) is 11.8 Å². The predicted octanol–water partition coefficient (Wildman–Crippen LogP) is 4.55. The average Bonchev–Trinajstić information content (AvgIpc) is 2.84. The van der Waals surface area contributed by atoms with E-state index >= 15 is 0 Å². The second-order valence-electron chi connectivity index (χ2n) is 5.05. The summed E-state index contributed by atoms with van der Waals surface area (Å²) in [6, 6.07) is 6.91. The summed E-state index contributed by atoms with van der Waals surface area (Å²) >= 11 is 8.54. The van der Waals surface area contributed by atoms with Crippen molar-refractivity contribution in [3.05, 3.63) is 26.8 Å². The highest BCUT2D eigenvalue weighted by atomic mass is 127. The lowest BCUT2D eigenvalue weighted by Crippen LogP contribution is -2.25. The molecule has 3 heteroatoms. The minimum absolute atomic E-state index is 0.663. The minimum Gasteiger partial charge on any atom is -0.381 e. The van der Waals surface area contributed by atoms with Gasteiger partial charge in [0.2, 0.25) is 0 Å². The normalized spacial score (nSPS) is 32.0. The summed E-state index contributed by atoms with van der Waals surface area (Å²) in [5.41, 5.74) is 1.11. The zero-order chi connectivity index (χ0) is 11.1. The third kappa shape index (κ3) is 2.06. The molecule has 2 bridgehead atoms. The Labute approximate surface area is 115 Å². The molecule has 1 aromatic carbocycles.